The Balaban J connectivity index is 1.69. The predicted molar refractivity (Wildman–Crippen MR) is 77.5 cm³/mol. The van der Waals surface area contributed by atoms with Crippen molar-refractivity contribution in [2.45, 2.75) is 25.9 Å². The van der Waals surface area contributed by atoms with Crippen LogP contribution in [0.4, 0.5) is 0 Å². The number of ether oxygens (including phenoxy) is 1. The second-order valence-electron chi connectivity index (χ2n) is 5.28. The van der Waals surface area contributed by atoms with Crippen LogP contribution in [0.5, 0.6) is 5.88 Å². The molecule has 23 heavy (non-hydrogen) atoms. The molecule has 2 aromatic heterocycles. The Labute approximate surface area is 132 Å². The lowest BCUT2D eigenvalue weighted by Crippen LogP contribution is -2.44. The van der Waals surface area contributed by atoms with E-state index in [-0.39, 0.29) is 23.6 Å². The molecular weight excluding hydrogens is 298 g/mol. The summed E-state index contributed by atoms with van der Waals surface area (Å²) in [6.45, 7) is 2.78. The lowest BCUT2D eigenvalue weighted by Gasteiger charge is -2.32. The molecule has 0 aliphatic carbocycles. The lowest BCUT2D eigenvalue weighted by molar-refractivity contribution is 0.0517. The molecule has 3 heterocycles. The zero-order valence-corrected chi connectivity index (χ0v) is 12.6. The van der Waals surface area contributed by atoms with Gasteiger partial charge in [-0.2, -0.15) is 5.26 Å². The van der Waals surface area contributed by atoms with Gasteiger partial charge in [0.1, 0.15) is 17.9 Å². The molecular formula is C15H15N5O3. The van der Waals surface area contributed by atoms with Gasteiger partial charge in [-0.05, 0) is 19.8 Å². The van der Waals surface area contributed by atoms with Gasteiger partial charge in [0, 0.05) is 25.0 Å². The van der Waals surface area contributed by atoms with Gasteiger partial charge in [0.25, 0.3) is 11.8 Å². The molecule has 8 nitrogen and oxygen atoms in total. The number of rotatable bonds is 3. The maximum Gasteiger partial charge on any atom is 0.276 e. The van der Waals surface area contributed by atoms with Gasteiger partial charge in [0.2, 0.25) is 5.69 Å². The summed E-state index contributed by atoms with van der Waals surface area (Å²) in [5.74, 6) is 0.609. The van der Waals surface area contributed by atoms with Crippen molar-refractivity contribution in [1.29, 1.82) is 5.26 Å². The molecule has 1 saturated heterocycles. The number of hydrogen-bond donors (Lipinski definition) is 0. The molecule has 0 radical (unpaired) electrons. The van der Waals surface area contributed by atoms with E-state index < -0.39 is 0 Å². The van der Waals surface area contributed by atoms with E-state index in [1.54, 1.807) is 17.9 Å². The third-order valence-corrected chi connectivity index (χ3v) is 3.56. The Morgan fingerprint density at radius 3 is 3.04 bits per heavy atom. The van der Waals surface area contributed by atoms with Crippen molar-refractivity contribution in [2.75, 3.05) is 13.1 Å². The Kier molecular flexibility index (Phi) is 4.19. The van der Waals surface area contributed by atoms with Crippen LogP contribution in [-0.4, -0.2) is 45.1 Å². The van der Waals surface area contributed by atoms with Gasteiger partial charge in [-0.3, -0.25) is 4.79 Å². The van der Waals surface area contributed by atoms with Crippen molar-refractivity contribution in [3.8, 4) is 11.9 Å². The zero-order valence-electron chi connectivity index (χ0n) is 12.6. The Morgan fingerprint density at radius 1 is 1.48 bits per heavy atom. The first kappa shape index (κ1) is 15.0. The fourth-order valence-corrected chi connectivity index (χ4v) is 2.49. The molecule has 0 aromatic carbocycles. The van der Waals surface area contributed by atoms with Crippen molar-refractivity contribution in [1.82, 2.24) is 20.0 Å². The monoisotopic (exact) mass is 313 g/mol. The van der Waals surface area contributed by atoms with Gasteiger partial charge in [-0.1, -0.05) is 5.16 Å². The highest BCUT2D eigenvalue weighted by molar-refractivity contribution is 5.92. The fourth-order valence-electron chi connectivity index (χ4n) is 2.49. The summed E-state index contributed by atoms with van der Waals surface area (Å²) in [5.41, 5.74) is 0.434. The second-order valence-corrected chi connectivity index (χ2v) is 5.28. The standard InChI is InChI=1S/C15H15N5O3/c1-10-7-12(19-23-10)15(21)20-6-2-3-11(9-20)22-14-13(8-16)17-4-5-18-14/h4-5,7,11H,2-3,6,9H2,1H3/t11-/m0/s1. The molecule has 1 aliphatic rings. The highest BCUT2D eigenvalue weighted by Crippen LogP contribution is 2.20. The van der Waals surface area contributed by atoms with Crippen LogP contribution in [0.2, 0.25) is 0 Å². The van der Waals surface area contributed by atoms with Crippen LogP contribution in [-0.2, 0) is 0 Å². The number of piperidine rings is 1. The first-order valence-corrected chi connectivity index (χ1v) is 7.27. The van der Waals surface area contributed by atoms with Crippen LogP contribution in [0, 0.1) is 18.3 Å². The molecule has 0 unspecified atom stereocenters. The van der Waals surface area contributed by atoms with E-state index in [4.69, 9.17) is 14.5 Å². The minimum atomic E-state index is -0.232. The first-order valence-electron chi connectivity index (χ1n) is 7.27. The van der Waals surface area contributed by atoms with Crippen molar-refractivity contribution in [3.63, 3.8) is 0 Å². The maximum atomic E-state index is 12.4. The van der Waals surface area contributed by atoms with Crippen LogP contribution in [0.3, 0.4) is 0 Å². The summed E-state index contributed by atoms with van der Waals surface area (Å²) in [4.78, 5) is 22.0. The Morgan fingerprint density at radius 2 is 2.30 bits per heavy atom. The molecule has 118 valence electrons. The van der Waals surface area contributed by atoms with E-state index >= 15 is 0 Å². The summed E-state index contributed by atoms with van der Waals surface area (Å²) < 4.78 is 10.7. The van der Waals surface area contributed by atoms with Gasteiger partial charge in [-0.15, -0.1) is 0 Å². The molecule has 1 aliphatic heterocycles. The van der Waals surface area contributed by atoms with Gasteiger partial charge < -0.3 is 14.2 Å². The lowest BCUT2D eigenvalue weighted by atomic mass is 10.1. The van der Waals surface area contributed by atoms with Crippen molar-refractivity contribution in [2.24, 2.45) is 0 Å². The number of carbonyl (C=O) groups is 1. The zero-order chi connectivity index (χ0) is 16.2. The van der Waals surface area contributed by atoms with E-state index in [0.717, 1.165) is 12.8 Å². The molecule has 0 N–H and O–H groups in total. The van der Waals surface area contributed by atoms with Gasteiger partial charge >= 0.3 is 0 Å². The number of nitriles is 1. The van der Waals surface area contributed by atoms with Crippen LogP contribution < -0.4 is 4.74 Å². The van der Waals surface area contributed by atoms with Gasteiger partial charge in [0.05, 0.1) is 6.54 Å². The summed E-state index contributed by atoms with van der Waals surface area (Å²) in [7, 11) is 0. The van der Waals surface area contributed by atoms with E-state index in [1.165, 1.54) is 12.4 Å². The second kappa shape index (κ2) is 6.44. The third-order valence-electron chi connectivity index (χ3n) is 3.56. The third kappa shape index (κ3) is 3.29. The number of amides is 1. The summed E-state index contributed by atoms with van der Waals surface area (Å²) in [6, 6.07) is 3.56. The molecule has 0 bridgehead atoms. The Bertz CT molecular complexity index is 752. The fraction of sp³-hybridized carbons (Fsp3) is 0.400. The summed E-state index contributed by atoms with van der Waals surface area (Å²) in [6.07, 6.45) is 4.26. The van der Waals surface area contributed by atoms with E-state index in [1.807, 2.05) is 6.07 Å². The first-order chi connectivity index (χ1) is 11.2. The summed E-state index contributed by atoms with van der Waals surface area (Å²) >= 11 is 0. The number of carbonyl (C=O) groups excluding carboxylic acids is 1. The minimum absolute atomic E-state index is 0.142. The smallest absolute Gasteiger partial charge is 0.276 e. The van der Waals surface area contributed by atoms with E-state index in [2.05, 4.69) is 15.1 Å². The Hall–Kier alpha value is -2.95. The van der Waals surface area contributed by atoms with Crippen LogP contribution in [0.15, 0.2) is 23.0 Å². The van der Waals surface area contributed by atoms with E-state index in [9.17, 15) is 4.79 Å². The van der Waals surface area contributed by atoms with Crippen molar-refractivity contribution >= 4 is 5.91 Å². The van der Waals surface area contributed by atoms with Gasteiger partial charge in [0.15, 0.2) is 5.69 Å². The van der Waals surface area contributed by atoms with Crippen LogP contribution >= 0.6 is 0 Å². The average molecular weight is 313 g/mol. The average Bonchev–Trinajstić information content (AvgIpc) is 3.01. The number of likely N-dealkylation sites (tertiary alicyclic amines) is 1. The largest absolute Gasteiger partial charge is 0.470 e. The molecule has 0 saturated carbocycles. The number of aromatic nitrogens is 3. The summed E-state index contributed by atoms with van der Waals surface area (Å²) in [5, 5.41) is 12.8. The number of aryl methyl sites for hydroxylation is 1. The highest BCUT2D eigenvalue weighted by Gasteiger charge is 2.28. The minimum Gasteiger partial charge on any atom is -0.470 e. The predicted octanol–water partition coefficient (Wildman–Crippen LogP) is 1.33. The highest BCUT2D eigenvalue weighted by atomic mass is 16.5. The van der Waals surface area contributed by atoms with Gasteiger partial charge in [-0.25, -0.2) is 9.97 Å². The molecule has 1 fully saturated rings. The van der Waals surface area contributed by atoms with Crippen molar-refractivity contribution in [3.05, 3.63) is 35.6 Å². The molecule has 8 heteroatoms. The molecule has 0 spiro atoms. The normalized spacial score (nSPS) is 17.6. The topological polar surface area (TPSA) is 105 Å². The SMILES string of the molecule is Cc1cc(C(=O)N2CCC[C@H](Oc3nccnc3C#N)C2)no1. The van der Waals surface area contributed by atoms with Crippen LogP contribution in [0.1, 0.15) is 34.8 Å². The quantitative estimate of drug-likeness (QED) is 0.841. The molecule has 1 amide bonds. The molecule has 3 rings (SSSR count). The van der Waals surface area contributed by atoms with Crippen LogP contribution in [0.25, 0.3) is 0 Å². The number of hydrogen-bond acceptors (Lipinski definition) is 7. The van der Waals surface area contributed by atoms with Crippen molar-refractivity contribution < 1.29 is 14.1 Å². The molecule has 1 atom stereocenters. The molecule has 2 aromatic rings. The number of nitrogens with zero attached hydrogens (tertiary/aromatic N) is 5. The maximum absolute atomic E-state index is 12.4. The van der Waals surface area contributed by atoms with E-state index in [0.29, 0.717) is 24.5 Å².